The third-order valence-electron chi connectivity index (χ3n) is 2.36. The van der Waals surface area contributed by atoms with Crippen LogP contribution in [-0.4, -0.2) is 14.7 Å². The third kappa shape index (κ3) is 17.9. The minimum absolute atomic E-state index is 0.921. The molecule has 0 radical (unpaired) electrons. The van der Waals surface area contributed by atoms with Crippen LogP contribution < -0.4 is 5.14 Å². The molecule has 88 valence electrons. The Morgan fingerprint density at radius 3 is 1.71 bits per heavy atom. The summed E-state index contributed by atoms with van der Waals surface area (Å²) in [6.07, 6.45) is 5.01. The Bertz CT molecular complexity index is 204. The number of nitrogens with two attached hydrogens (primary N) is 1. The van der Waals surface area contributed by atoms with Gasteiger partial charge in [-0.25, -0.2) is 13.6 Å². The number of primary sulfonamides is 1. The fourth-order valence-electron chi connectivity index (χ4n) is 1.14. The molecular formula is C10H25NO2S. The molecule has 2 atom stereocenters. The molecule has 0 aromatic heterocycles. The molecule has 0 bridgehead atoms. The molecule has 4 heteroatoms. The maximum Gasteiger partial charge on any atom is 0.206 e. The number of rotatable bonds is 4. The lowest BCUT2D eigenvalue weighted by atomic mass is 9.90. The van der Waals surface area contributed by atoms with Gasteiger partial charge >= 0.3 is 0 Å². The van der Waals surface area contributed by atoms with E-state index in [0.29, 0.717) is 0 Å². The molecule has 0 heterocycles. The van der Waals surface area contributed by atoms with Crippen molar-refractivity contribution >= 4 is 10.0 Å². The first-order valence-electron chi connectivity index (χ1n) is 5.20. The molecule has 0 aromatic carbocycles. The van der Waals surface area contributed by atoms with Crippen molar-refractivity contribution in [1.29, 1.82) is 0 Å². The third-order valence-corrected chi connectivity index (χ3v) is 2.36. The summed E-state index contributed by atoms with van der Waals surface area (Å²) in [5, 5.41) is 4.33. The Hall–Kier alpha value is -0.0900. The normalized spacial score (nSPS) is 15.3. The van der Waals surface area contributed by atoms with Crippen molar-refractivity contribution in [1.82, 2.24) is 0 Å². The van der Waals surface area contributed by atoms with Crippen LogP contribution in [-0.2, 0) is 10.0 Å². The first-order valence-corrected chi connectivity index (χ1v) is 7.15. The van der Waals surface area contributed by atoms with Gasteiger partial charge in [0.05, 0.1) is 6.26 Å². The fraction of sp³-hybridized carbons (Fsp3) is 1.00. The quantitative estimate of drug-likeness (QED) is 0.795. The average Bonchev–Trinajstić information content (AvgIpc) is 2.00. The maximum atomic E-state index is 9.41. The van der Waals surface area contributed by atoms with Crippen molar-refractivity contribution in [2.75, 3.05) is 6.26 Å². The van der Waals surface area contributed by atoms with Gasteiger partial charge in [0.2, 0.25) is 10.0 Å². The molecule has 0 saturated carbocycles. The Morgan fingerprint density at radius 1 is 1.14 bits per heavy atom. The molecule has 2 N–H and O–H groups in total. The second kappa shape index (κ2) is 8.24. The summed E-state index contributed by atoms with van der Waals surface area (Å²) in [5.74, 6) is 1.85. The Morgan fingerprint density at radius 2 is 1.50 bits per heavy atom. The summed E-state index contributed by atoms with van der Waals surface area (Å²) in [6.45, 7) is 9.24. The van der Waals surface area contributed by atoms with Crippen molar-refractivity contribution in [3.63, 3.8) is 0 Å². The van der Waals surface area contributed by atoms with Crippen LogP contribution in [0.2, 0.25) is 0 Å². The average molecular weight is 223 g/mol. The van der Waals surface area contributed by atoms with E-state index in [-0.39, 0.29) is 0 Å². The van der Waals surface area contributed by atoms with E-state index in [1.54, 1.807) is 0 Å². The van der Waals surface area contributed by atoms with Crippen LogP contribution in [0.3, 0.4) is 0 Å². The van der Waals surface area contributed by atoms with Crippen molar-refractivity contribution in [3.05, 3.63) is 0 Å². The van der Waals surface area contributed by atoms with E-state index in [1.807, 2.05) is 0 Å². The molecule has 0 aliphatic carbocycles. The van der Waals surface area contributed by atoms with Crippen molar-refractivity contribution < 1.29 is 8.42 Å². The lowest BCUT2D eigenvalue weighted by Crippen LogP contribution is -2.07. The van der Waals surface area contributed by atoms with E-state index in [2.05, 4.69) is 32.8 Å². The number of hydrogen-bond donors (Lipinski definition) is 1. The zero-order chi connectivity index (χ0) is 11.8. The second-order valence-corrected chi connectivity index (χ2v) is 5.64. The fourth-order valence-corrected chi connectivity index (χ4v) is 1.14. The Kier molecular flexibility index (Phi) is 9.62. The van der Waals surface area contributed by atoms with Crippen molar-refractivity contribution in [2.24, 2.45) is 17.0 Å². The molecule has 0 aliphatic heterocycles. The highest BCUT2D eigenvalue weighted by atomic mass is 32.2. The predicted molar refractivity (Wildman–Crippen MR) is 62.6 cm³/mol. The molecule has 0 aromatic rings. The molecular weight excluding hydrogens is 198 g/mol. The van der Waals surface area contributed by atoms with Gasteiger partial charge in [-0.1, -0.05) is 47.0 Å². The molecule has 0 spiro atoms. The zero-order valence-electron chi connectivity index (χ0n) is 10.1. The van der Waals surface area contributed by atoms with Gasteiger partial charge in [-0.05, 0) is 11.8 Å². The molecule has 1 unspecified atom stereocenters. The largest absolute Gasteiger partial charge is 0.229 e. The molecule has 0 aliphatic rings. The maximum absolute atomic E-state index is 9.41. The van der Waals surface area contributed by atoms with Gasteiger partial charge < -0.3 is 0 Å². The summed E-state index contributed by atoms with van der Waals surface area (Å²) >= 11 is 0. The molecule has 0 amide bonds. The zero-order valence-corrected chi connectivity index (χ0v) is 10.9. The number of sulfonamides is 1. The summed E-state index contributed by atoms with van der Waals surface area (Å²) in [4.78, 5) is 0. The lowest BCUT2D eigenvalue weighted by molar-refractivity contribution is 0.352. The van der Waals surface area contributed by atoms with E-state index in [1.165, 1.54) is 19.3 Å². The highest BCUT2D eigenvalue weighted by Gasteiger charge is 2.07. The van der Waals surface area contributed by atoms with E-state index in [0.717, 1.165) is 18.1 Å². The molecule has 0 fully saturated rings. The first kappa shape index (κ1) is 16.3. The van der Waals surface area contributed by atoms with Crippen LogP contribution in [0, 0.1) is 11.8 Å². The standard InChI is InChI=1S/C9H20.CH5NO2S/c1-5-7-9(4)8(3)6-2;1-5(2,3)4/h8-9H,5-7H2,1-4H3;1H3,(H2,2,3,4)/t8-,9?;/m0./s1. The van der Waals surface area contributed by atoms with Crippen molar-refractivity contribution in [3.8, 4) is 0 Å². The SMILES string of the molecule is CCCC(C)[C@@H](C)CC.CS(N)(=O)=O. The van der Waals surface area contributed by atoms with Gasteiger partial charge in [0, 0.05) is 0 Å². The topological polar surface area (TPSA) is 60.2 Å². The van der Waals surface area contributed by atoms with E-state index in [9.17, 15) is 8.42 Å². The number of hydrogen-bond acceptors (Lipinski definition) is 2. The smallest absolute Gasteiger partial charge is 0.206 e. The van der Waals surface area contributed by atoms with Crippen LogP contribution >= 0.6 is 0 Å². The van der Waals surface area contributed by atoms with Crippen LogP contribution in [0.15, 0.2) is 0 Å². The summed E-state index contributed by atoms with van der Waals surface area (Å²) in [7, 11) is -3.17. The van der Waals surface area contributed by atoms with E-state index in [4.69, 9.17) is 0 Å². The van der Waals surface area contributed by atoms with Crippen LogP contribution in [0.4, 0.5) is 0 Å². The first-order chi connectivity index (χ1) is 6.22. The molecule has 0 saturated heterocycles. The van der Waals surface area contributed by atoms with Crippen LogP contribution in [0.25, 0.3) is 0 Å². The van der Waals surface area contributed by atoms with E-state index >= 15 is 0 Å². The van der Waals surface area contributed by atoms with Crippen LogP contribution in [0.5, 0.6) is 0 Å². The van der Waals surface area contributed by atoms with Crippen LogP contribution in [0.1, 0.15) is 47.0 Å². The summed E-state index contributed by atoms with van der Waals surface area (Å²) < 4.78 is 18.8. The Labute approximate surface area is 89.1 Å². The minimum Gasteiger partial charge on any atom is -0.229 e. The Balaban J connectivity index is 0. The van der Waals surface area contributed by atoms with Gasteiger partial charge in [-0.2, -0.15) is 0 Å². The molecule has 0 rings (SSSR count). The minimum atomic E-state index is -3.17. The van der Waals surface area contributed by atoms with Gasteiger partial charge in [0.1, 0.15) is 0 Å². The monoisotopic (exact) mass is 223 g/mol. The second-order valence-electron chi connectivity index (χ2n) is 3.98. The molecule has 3 nitrogen and oxygen atoms in total. The summed E-state index contributed by atoms with van der Waals surface area (Å²) in [5.41, 5.74) is 0. The van der Waals surface area contributed by atoms with Gasteiger partial charge in [0.25, 0.3) is 0 Å². The lowest BCUT2D eigenvalue weighted by Gasteiger charge is -2.16. The summed E-state index contributed by atoms with van der Waals surface area (Å²) in [6, 6.07) is 0. The van der Waals surface area contributed by atoms with E-state index < -0.39 is 10.0 Å². The van der Waals surface area contributed by atoms with Crippen molar-refractivity contribution in [2.45, 2.75) is 47.0 Å². The highest BCUT2D eigenvalue weighted by molar-refractivity contribution is 7.88. The highest BCUT2D eigenvalue weighted by Crippen LogP contribution is 2.18. The van der Waals surface area contributed by atoms with Gasteiger partial charge in [-0.3, -0.25) is 0 Å². The van der Waals surface area contributed by atoms with Gasteiger partial charge in [0.15, 0.2) is 0 Å². The van der Waals surface area contributed by atoms with Gasteiger partial charge in [-0.15, -0.1) is 0 Å². The molecule has 14 heavy (non-hydrogen) atoms. The predicted octanol–water partition coefficient (Wildman–Crippen LogP) is 2.37.